The van der Waals surface area contributed by atoms with Crippen molar-refractivity contribution in [2.24, 2.45) is 0 Å². The topological polar surface area (TPSA) is 20.2 Å². The summed E-state index contributed by atoms with van der Waals surface area (Å²) in [4.78, 5) is 1.27. The van der Waals surface area contributed by atoms with Gasteiger partial charge >= 0.3 is 0 Å². The summed E-state index contributed by atoms with van der Waals surface area (Å²) in [6.45, 7) is 2.09. The van der Waals surface area contributed by atoms with E-state index < -0.39 is 5.60 Å². The van der Waals surface area contributed by atoms with E-state index in [0.717, 1.165) is 24.8 Å². The van der Waals surface area contributed by atoms with Crippen LogP contribution < -0.4 is 0 Å². The highest BCUT2D eigenvalue weighted by Crippen LogP contribution is 2.42. The van der Waals surface area contributed by atoms with E-state index in [4.69, 9.17) is 0 Å². The Kier molecular flexibility index (Phi) is 2.58. The second kappa shape index (κ2) is 3.59. The number of hydrogen-bond acceptors (Lipinski definition) is 2. The number of aryl methyl sites for hydroxylation is 1. The van der Waals surface area contributed by atoms with E-state index in [-0.39, 0.29) is 0 Å². The SMILES string of the molecule is CSc1ccc(C2(O)CCC2)c(C)c1. The van der Waals surface area contributed by atoms with Crippen LogP contribution in [0.1, 0.15) is 30.4 Å². The van der Waals surface area contributed by atoms with Crippen LogP contribution in [0.5, 0.6) is 0 Å². The molecule has 0 unspecified atom stereocenters. The van der Waals surface area contributed by atoms with Gasteiger partial charge in [0.25, 0.3) is 0 Å². The maximum atomic E-state index is 10.2. The van der Waals surface area contributed by atoms with E-state index in [1.54, 1.807) is 11.8 Å². The summed E-state index contributed by atoms with van der Waals surface area (Å²) >= 11 is 1.75. The third-order valence-corrected chi connectivity index (χ3v) is 3.84. The number of benzene rings is 1. The summed E-state index contributed by atoms with van der Waals surface area (Å²) in [5.74, 6) is 0. The van der Waals surface area contributed by atoms with Crippen LogP contribution in [0.25, 0.3) is 0 Å². The summed E-state index contributed by atoms with van der Waals surface area (Å²) in [6, 6.07) is 6.35. The molecule has 14 heavy (non-hydrogen) atoms. The lowest BCUT2D eigenvalue weighted by Crippen LogP contribution is -2.34. The van der Waals surface area contributed by atoms with Gasteiger partial charge < -0.3 is 5.11 Å². The molecule has 2 heteroatoms. The number of hydrogen-bond donors (Lipinski definition) is 1. The molecule has 1 nitrogen and oxygen atoms in total. The van der Waals surface area contributed by atoms with Crippen LogP contribution >= 0.6 is 11.8 Å². The standard InChI is InChI=1S/C12H16OS/c1-9-8-10(14-2)4-5-11(9)12(13)6-3-7-12/h4-5,8,13H,3,6-7H2,1-2H3. The maximum Gasteiger partial charge on any atom is 0.0899 e. The Morgan fingerprint density at radius 2 is 2.07 bits per heavy atom. The average molecular weight is 208 g/mol. The number of rotatable bonds is 2. The molecule has 0 amide bonds. The molecule has 0 spiro atoms. The third-order valence-electron chi connectivity index (χ3n) is 3.12. The number of thioether (sulfide) groups is 1. The van der Waals surface area contributed by atoms with E-state index in [1.807, 2.05) is 0 Å². The minimum atomic E-state index is -0.513. The Hall–Kier alpha value is -0.470. The molecule has 1 aromatic carbocycles. The Morgan fingerprint density at radius 3 is 2.50 bits per heavy atom. The van der Waals surface area contributed by atoms with Crippen LogP contribution in [0, 0.1) is 6.92 Å². The molecule has 1 aromatic rings. The second-order valence-corrected chi connectivity index (χ2v) is 4.95. The lowest BCUT2D eigenvalue weighted by Gasteiger charge is -2.38. The second-order valence-electron chi connectivity index (χ2n) is 4.07. The van der Waals surface area contributed by atoms with Gasteiger partial charge in [-0.25, -0.2) is 0 Å². The smallest absolute Gasteiger partial charge is 0.0899 e. The monoisotopic (exact) mass is 208 g/mol. The molecule has 0 atom stereocenters. The fraction of sp³-hybridized carbons (Fsp3) is 0.500. The number of aliphatic hydroxyl groups is 1. The van der Waals surface area contributed by atoms with Crippen molar-refractivity contribution in [2.75, 3.05) is 6.26 Å². The van der Waals surface area contributed by atoms with Crippen molar-refractivity contribution >= 4 is 11.8 Å². The molecule has 1 aliphatic rings. The van der Waals surface area contributed by atoms with Crippen LogP contribution in [0.3, 0.4) is 0 Å². The molecule has 0 aliphatic heterocycles. The van der Waals surface area contributed by atoms with Gasteiger partial charge in [0.1, 0.15) is 0 Å². The summed E-state index contributed by atoms with van der Waals surface area (Å²) in [5.41, 5.74) is 1.83. The first kappa shape index (κ1) is 10.1. The molecule has 76 valence electrons. The largest absolute Gasteiger partial charge is 0.385 e. The predicted octanol–water partition coefficient (Wildman–Crippen LogP) is 3.09. The summed E-state index contributed by atoms with van der Waals surface area (Å²) in [6.07, 6.45) is 5.08. The van der Waals surface area contributed by atoms with Gasteiger partial charge in [0, 0.05) is 4.90 Å². The van der Waals surface area contributed by atoms with Gasteiger partial charge in [0.15, 0.2) is 0 Å². The summed E-state index contributed by atoms with van der Waals surface area (Å²) < 4.78 is 0. The summed E-state index contributed by atoms with van der Waals surface area (Å²) in [7, 11) is 0. The van der Waals surface area contributed by atoms with Crippen LogP contribution in [0.4, 0.5) is 0 Å². The van der Waals surface area contributed by atoms with Crippen molar-refractivity contribution < 1.29 is 5.11 Å². The van der Waals surface area contributed by atoms with Crippen LogP contribution in [0.15, 0.2) is 23.1 Å². The molecule has 1 saturated carbocycles. The summed E-state index contributed by atoms with van der Waals surface area (Å²) in [5, 5.41) is 10.2. The Morgan fingerprint density at radius 1 is 1.36 bits per heavy atom. The van der Waals surface area contributed by atoms with Gasteiger partial charge in [0.2, 0.25) is 0 Å². The Balaban J connectivity index is 2.35. The van der Waals surface area contributed by atoms with Gasteiger partial charge in [-0.05, 0) is 55.7 Å². The molecule has 0 bridgehead atoms. The maximum absolute atomic E-state index is 10.2. The lowest BCUT2D eigenvalue weighted by atomic mass is 9.74. The van der Waals surface area contributed by atoms with Crippen LogP contribution in [0.2, 0.25) is 0 Å². The highest BCUT2D eigenvalue weighted by molar-refractivity contribution is 7.98. The van der Waals surface area contributed by atoms with Gasteiger partial charge in [-0.3, -0.25) is 0 Å². The highest BCUT2D eigenvalue weighted by atomic mass is 32.2. The first-order valence-electron chi connectivity index (χ1n) is 5.03. The van der Waals surface area contributed by atoms with E-state index in [0.29, 0.717) is 0 Å². The molecule has 0 heterocycles. The van der Waals surface area contributed by atoms with Gasteiger partial charge in [-0.15, -0.1) is 11.8 Å². The molecule has 1 fully saturated rings. The molecular weight excluding hydrogens is 192 g/mol. The first-order valence-corrected chi connectivity index (χ1v) is 6.26. The third kappa shape index (κ3) is 1.57. The zero-order valence-electron chi connectivity index (χ0n) is 8.71. The van der Waals surface area contributed by atoms with Crippen molar-refractivity contribution in [1.82, 2.24) is 0 Å². The molecule has 1 aliphatic carbocycles. The van der Waals surface area contributed by atoms with Crippen molar-refractivity contribution in [3.05, 3.63) is 29.3 Å². The molecule has 0 radical (unpaired) electrons. The quantitative estimate of drug-likeness (QED) is 0.754. The minimum absolute atomic E-state index is 0.513. The van der Waals surface area contributed by atoms with Gasteiger partial charge in [0.05, 0.1) is 5.60 Å². The van der Waals surface area contributed by atoms with Crippen molar-refractivity contribution in [3.63, 3.8) is 0 Å². The first-order chi connectivity index (χ1) is 6.65. The van der Waals surface area contributed by atoms with E-state index in [9.17, 15) is 5.11 Å². The van der Waals surface area contributed by atoms with Crippen molar-refractivity contribution in [2.45, 2.75) is 36.7 Å². The molecule has 1 N–H and O–H groups in total. The Bertz CT molecular complexity index is 342. The fourth-order valence-corrected chi connectivity index (χ4v) is 2.57. The normalized spacial score (nSPS) is 19.1. The zero-order valence-corrected chi connectivity index (χ0v) is 9.53. The minimum Gasteiger partial charge on any atom is -0.385 e. The van der Waals surface area contributed by atoms with E-state index in [2.05, 4.69) is 31.4 Å². The van der Waals surface area contributed by atoms with Gasteiger partial charge in [-0.1, -0.05) is 6.07 Å². The van der Waals surface area contributed by atoms with Crippen molar-refractivity contribution in [1.29, 1.82) is 0 Å². The molecule has 2 rings (SSSR count). The predicted molar refractivity (Wildman–Crippen MR) is 60.7 cm³/mol. The molecular formula is C12H16OS. The zero-order chi connectivity index (χ0) is 10.2. The highest BCUT2D eigenvalue weighted by Gasteiger charge is 2.37. The van der Waals surface area contributed by atoms with E-state index in [1.165, 1.54) is 10.5 Å². The van der Waals surface area contributed by atoms with Crippen molar-refractivity contribution in [3.8, 4) is 0 Å². The van der Waals surface area contributed by atoms with E-state index >= 15 is 0 Å². The van der Waals surface area contributed by atoms with Crippen LogP contribution in [-0.4, -0.2) is 11.4 Å². The van der Waals surface area contributed by atoms with Crippen LogP contribution in [-0.2, 0) is 5.60 Å². The lowest BCUT2D eigenvalue weighted by molar-refractivity contribution is -0.0393. The Labute approximate surface area is 89.5 Å². The van der Waals surface area contributed by atoms with Gasteiger partial charge in [-0.2, -0.15) is 0 Å². The molecule has 0 aromatic heterocycles. The molecule has 0 saturated heterocycles. The average Bonchev–Trinajstić information content (AvgIpc) is 2.14. The fourth-order valence-electron chi connectivity index (χ4n) is 2.07.